The molecule has 0 saturated heterocycles. The van der Waals surface area contributed by atoms with Crippen LogP contribution in [-0.4, -0.2) is 56.7 Å². The monoisotopic (exact) mass is 636 g/mol. The summed E-state index contributed by atoms with van der Waals surface area (Å²) in [7, 11) is -1.63. The lowest BCUT2D eigenvalue weighted by Gasteiger charge is -2.31. The van der Waals surface area contributed by atoms with Gasteiger partial charge in [-0.05, 0) is 48.1 Å². The van der Waals surface area contributed by atoms with Crippen molar-refractivity contribution in [3.63, 3.8) is 0 Å². The molecule has 45 heavy (non-hydrogen) atoms. The predicted octanol–water partition coefficient (Wildman–Crippen LogP) is 1.89. The molecule has 4 atom stereocenters. The third-order valence-electron chi connectivity index (χ3n) is 7.13. The molecule has 1 aromatic heterocycles. The van der Waals surface area contributed by atoms with Gasteiger partial charge in [0.15, 0.2) is 0 Å². The van der Waals surface area contributed by atoms with Gasteiger partial charge in [0.05, 0.1) is 22.0 Å². The van der Waals surface area contributed by atoms with Crippen LogP contribution in [0.2, 0.25) is 0 Å². The van der Waals surface area contributed by atoms with Gasteiger partial charge in [-0.2, -0.15) is 0 Å². The third-order valence-corrected chi connectivity index (χ3v) is 7.87. The molecule has 2 aromatic carbocycles. The Morgan fingerprint density at radius 1 is 0.867 bits per heavy atom. The molecule has 0 fully saturated rings. The van der Waals surface area contributed by atoms with E-state index in [4.69, 9.17) is 5.14 Å². The summed E-state index contributed by atoms with van der Waals surface area (Å²) in [4.78, 5) is 70.2. The van der Waals surface area contributed by atoms with Gasteiger partial charge in [-0.25, -0.2) is 9.35 Å². The van der Waals surface area contributed by atoms with E-state index in [9.17, 15) is 28.2 Å². The summed E-state index contributed by atoms with van der Waals surface area (Å²) in [6, 6.07) is 11.8. The topological polar surface area (TPSA) is 189 Å². The number of nitrogens with two attached hydrogens (primary N) is 1. The van der Waals surface area contributed by atoms with E-state index in [1.165, 1.54) is 13.1 Å². The van der Waals surface area contributed by atoms with Gasteiger partial charge in [-0.3, -0.25) is 29.0 Å². The lowest BCUT2D eigenvalue weighted by atomic mass is 9.85. The molecule has 0 aliphatic carbocycles. The Balaban J connectivity index is 1.64. The highest BCUT2D eigenvalue weighted by molar-refractivity contribution is 7.82. The number of benzene rings is 2. The van der Waals surface area contributed by atoms with Crippen LogP contribution < -0.4 is 26.4 Å². The second-order valence-corrected chi connectivity index (χ2v) is 13.2. The van der Waals surface area contributed by atoms with E-state index in [-0.39, 0.29) is 6.54 Å². The number of ketones is 1. The lowest BCUT2D eigenvalue weighted by molar-refractivity contribution is -0.141. The molecule has 240 valence electrons. The molecule has 0 spiro atoms. The molecule has 0 aliphatic rings. The quantitative estimate of drug-likeness (QED) is 0.188. The van der Waals surface area contributed by atoms with Gasteiger partial charge in [0.1, 0.15) is 23.1 Å². The molecule has 13 heteroatoms. The first-order valence-electron chi connectivity index (χ1n) is 14.4. The van der Waals surface area contributed by atoms with Crippen molar-refractivity contribution in [2.45, 2.75) is 71.1 Å². The van der Waals surface area contributed by atoms with Gasteiger partial charge in [-0.15, -0.1) is 0 Å². The fourth-order valence-electron chi connectivity index (χ4n) is 4.51. The molecule has 12 nitrogen and oxygen atoms in total. The van der Waals surface area contributed by atoms with Gasteiger partial charge in [0.2, 0.25) is 17.6 Å². The molecular weight excluding hydrogens is 596 g/mol. The zero-order valence-corrected chi connectivity index (χ0v) is 27.0. The molecule has 3 aromatic rings. The minimum Gasteiger partial charge on any atom is -0.345 e. The van der Waals surface area contributed by atoms with Gasteiger partial charge >= 0.3 is 0 Å². The van der Waals surface area contributed by atoms with Crippen molar-refractivity contribution in [2.24, 2.45) is 16.5 Å². The molecule has 0 aliphatic heterocycles. The van der Waals surface area contributed by atoms with Crippen molar-refractivity contribution in [3.05, 3.63) is 71.9 Å². The second kappa shape index (κ2) is 15.0. The van der Waals surface area contributed by atoms with Gasteiger partial charge in [0.25, 0.3) is 11.8 Å². The number of para-hydroxylation sites is 1. The summed E-state index contributed by atoms with van der Waals surface area (Å²) in [6.45, 7) is 10.2. The van der Waals surface area contributed by atoms with Crippen LogP contribution in [0.3, 0.4) is 0 Å². The molecule has 3 rings (SSSR count). The number of pyridine rings is 1. The second-order valence-electron chi connectivity index (χ2n) is 12.1. The third kappa shape index (κ3) is 9.25. The van der Waals surface area contributed by atoms with E-state index >= 15 is 0 Å². The lowest BCUT2D eigenvalue weighted by Crippen LogP contribution is -2.59. The van der Waals surface area contributed by atoms with Crippen LogP contribution in [0.4, 0.5) is 0 Å². The van der Waals surface area contributed by atoms with Crippen molar-refractivity contribution < 1.29 is 28.2 Å². The first kappa shape index (κ1) is 35.0. The van der Waals surface area contributed by atoms with E-state index in [2.05, 4.69) is 26.3 Å². The first-order chi connectivity index (χ1) is 21.1. The zero-order chi connectivity index (χ0) is 33.5. The van der Waals surface area contributed by atoms with Crippen LogP contribution in [0.1, 0.15) is 57.5 Å². The molecule has 0 saturated carbocycles. The van der Waals surface area contributed by atoms with Crippen molar-refractivity contribution in [3.8, 4) is 0 Å². The largest absolute Gasteiger partial charge is 0.345 e. The first-order valence-corrected chi connectivity index (χ1v) is 15.6. The maximum Gasteiger partial charge on any atom is 0.289 e. The minimum atomic E-state index is -1.63. The molecule has 4 amide bonds. The summed E-state index contributed by atoms with van der Waals surface area (Å²) in [5, 5.41) is 16.5. The summed E-state index contributed by atoms with van der Waals surface area (Å²) < 4.78 is 11.4. The Hall–Kier alpha value is -4.49. The van der Waals surface area contributed by atoms with Crippen molar-refractivity contribution in [1.82, 2.24) is 26.3 Å². The number of amides is 4. The minimum absolute atomic E-state index is 0.0302. The summed E-state index contributed by atoms with van der Waals surface area (Å²) in [5.74, 6) is -3.91. The zero-order valence-electron chi connectivity index (χ0n) is 26.2. The van der Waals surface area contributed by atoms with Crippen LogP contribution in [-0.2, 0) is 36.7 Å². The van der Waals surface area contributed by atoms with E-state index in [0.29, 0.717) is 26.9 Å². The fraction of sp³-hybridized carbons (Fsp3) is 0.375. The highest BCUT2D eigenvalue weighted by atomic mass is 32.2. The number of aromatic nitrogens is 1. The number of nitrogens with zero attached hydrogens (tertiary/aromatic N) is 1. The SMILES string of the molecule is CC(NC(=O)C(NC(=O)c1ccnc2ccccc12)C(C)(C)C)C(=O)NC(C(=O)C(=O)NCc1ccc(S(N)=O)cc1)C(C)C. The maximum atomic E-state index is 13.4. The summed E-state index contributed by atoms with van der Waals surface area (Å²) >= 11 is 0. The average Bonchev–Trinajstić information content (AvgIpc) is 2.99. The number of Topliss-reactive ketones (excluding diaryl/α,β-unsaturated/α-hetero) is 1. The smallest absolute Gasteiger partial charge is 0.289 e. The van der Waals surface area contributed by atoms with Crippen LogP contribution in [0.25, 0.3) is 10.9 Å². The average molecular weight is 637 g/mol. The number of carbonyl (C=O) groups excluding carboxylic acids is 5. The Bertz CT molecular complexity index is 1600. The molecule has 4 unspecified atom stereocenters. The molecular formula is C32H40N6O6S. The number of carbonyl (C=O) groups is 5. The number of hydrogen-bond acceptors (Lipinski definition) is 7. The fourth-order valence-corrected chi connectivity index (χ4v) is 4.91. The van der Waals surface area contributed by atoms with Crippen LogP contribution in [0.15, 0.2) is 65.7 Å². The Morgan fingerprint density at radius 3 is 2.11 bits per heavy atom. The van der Waals surface area contributed by atoms with Crippen molar-refractivity contribution in [1.29, 1.82) is 0 Å². The molecule has 1 heterocycles. The Kier molecular flexibility index (Phi) is 11.7. The Morgan fingerprint density at radius 2 is 1.51 bits per heavy atom. The highest BCUT2D eigenvalue weighted by Gasteiger charge is 2.36. The normalized spacial score (nSPS) is 14.1. The Labute approximate surface area is 264 Å². The number of nitrogens with one attached hydrogen (secondary N) is 4. The standard InChI is InChI=1S/C32H40N6O6S/c1-18(2)25(26(39)30(42)35-17-20-11-13-21(14-12-20)45(33)44)37-28(40)19(3)36-31(43)27(32(4,5)6)38-29(41)23-15-16-34-24-10-8-7-9-22(23)24/h7-16,18-19,25,27H,17,33H2,1-6H3,(H,35,42)(H,36,43)(H,37,40)(H,38,41). The van der Waals surface area contributed by atoms with Crippen LogP contribution >= 0.6 is 0 Å². The highest BCUT2D eigenvalue weighted by Crippen LogP contribution is 2.22. The maximum absolute atomic E-state index is 13.4. The predicted molar refractivity (Wildman–Crippen MR) is 171 cm³/mol. The molecule has 0 radical (unpaired) electrons. The number of hydrogen-bond donors (Lipinski definition) is 5. The van der Waals surface area contributed by atoms with Gasteiger partial charge in [-0.1, -0.05) is 65.0 Å². The van der Waals surface area contributed by atoms with Crippen molar-refractivity contribution in [2.75, 3.05) is 0 Å². The molecule has 0 bridgehead atoms. The van der Waals surface area contributed by atoms with E-state index in [0.717, 1.165) is 0 Å². The summed E-state index contributed by atoms with van der Waals surface area (Å²) in [5.41, 5.74) is 0.920. The van der Waals surface area contributed by atoms with Crippen LogP contribution in [0, 0.1) is 11.3 Å². The molecule has 6 N–H and O–H groups in total. The van der Waals surface area contributed by atoms with Gasteiger partial charge < -0.3 is 21.3 Å². The van der Waals surface area contributed by atoms with E-state index < -0.39 is 69.9 Å². The van der Waals surface area contributed by atoms with Crippen molar-refractivity contribution >= 4 is 51.3 Å². The van der Waals surface area contributed by atoms with Crippen LogP contribution in [0.5, 0.6) is 0 Å². The number of fused-ring (bicyclic) bond motifs is 1. The summed E-state index contributed by atoms with van der Waals surface area (Å²) in [6.07, 6.45) is 1.52. The van der Waals surface area contributed by atoms with E-state index in [1.54, 1.807) is 83.1 Å². The van der Waals surface area contributed by atoms with E-state index in [1.807, 2.05) is 6.07 Å². The number of rotatable bonds is 12. The van der Waals surface area contributed by atoms with Gasteiger partial charge in [0, 0.05) is 18.1 Å².